The average Bonchev–Trinajstić information content (AvgIpc) is 2.88. The summed E-state index contributed by atoms with van der Waals surface area (Å²) >= 11 is 6.21. The fraction of sp³-hybridized carbons (Fsp3) is 0.0741. The van der Waals surface area contributed by atoms with E-state index in [4.69, 9.17) is 11.6 Å². The normalized spacial score (nSPS) is 11.6. The highest BCUT2D eigenvalue weighted by atomic mass is 35.5. The van der Waals surface area contributed by atoms with E-state index in [1.165, 1.54) is 54.6 Å². The molecular formula is C27H24ClN3O5S2. The fourth-order valence-corrected chi connectivity index (χ4v) is 5.94. The molecule has 11 heteroatoms. The summed E-state index contributed by atoms with van der Waals surface area (Å²) in [6.07, 6.45) is 0. The number of carbonyl (C=O) groups excluding carboxylic acids is 1. The standard InChI is InChI=1S/C27H24ClN3O5S2/c1-18-8-9-19(2)26(16-18)31-38(35,36)23-13-10-20(11-14-23)29-27(32)24-17-21(12-15-25(24)28)30-37(33,34)22-6-4-3-5-7-22/h3-17,30-31H,1-2H3,(H,29,32). The van der Waals surface area contributed by atoms with Crippen LogP contribution in [0.5, 0.6) is 0 Å². The van der Waals surface area contributed by atoms with Crippen molar-refractivity contribution in [1.82, 2.24) is 0 Å². The molecule has 4 rings (SSSR count). The molecule has 0 aromatic heterocycles. The largest absolute Gasteiger partial charge is 0.322 e. The summed E-state index contributed by atoms with van der Waals surface area (Å²) in [6.45, 7) is 3.68. The van der Waals surface area contributed by atoms with E-state index in [1.807, 2.05) is 26.0 Å². The van der Waals surface area contributed by atoms with Crippen LogP contribution in [0, 0.1) is 13.8 Å². The van der Waals surface area contributed by atoms with Gasteiger partial charge in [-0.05, 0) is 85.6 Å². The zero-order chi connectivity index (χ0) is 27.5. The van der Waals surface area contributed by atoms with E-state index < -0.39 is 26.0 Å². The van der Waals surface area contributed by atoms with E-state index in [2.05, 4.69) is 14.8 Å². The molecule has 3 N–H and O–H groups in total. The molecular weight excluding hydrogens is 546 g/mol. The van der Waals surface area contributed by atoms with Crippen LogP contribution in [0.3, 0.4) is 0 Å². The topological polar surface area (TPSA) is 121 Å². The Morgan fingerprint density at radius 1 is 0.684 bits per heavy atom. The van der Waals surface area contributed by atoms with Crippen LogP contribution in [-0.4, -0.2) is 22.7 Å². The number of sulfonamides is 2. The molecule has 0 aliphatic heterocycles. The van der Waals surface area contributed by atoms with Crippen LogP contribution < -0.4 is 14.8 Å². The van der Waals surface area contributed by atoms with Crippen molar-refractivity contribution >= 4 is 54.6 Å². The Hall–Kier alpha value is -3.86. The zero-order valence-electron chi connectivity index (χ0n) is 20.4. The summed E-state index contributed by atoms with van der Waals surface area (Å²) in [6, 6.07) is 23.1. The molecule has 4 aromatic carbocycles. The fourth-order valence-electron chi connectivity index (χ4n) is 3.54. The van der Waals surface area contributed by atoms with Crippen molar-refractivity contribution in [1.29, 1.82) is 0 Å². The molecule has 0 atom stereocenters. The number of amides is 1. The average molecular weight is 570 g/mol. The number of hydrogen-bond donors (Lipinski definition) is 3. The molecule has 0 heterocycles. The Morgan fingerprint density at radius 3 is 1.97 bits per heavy atom. The highest BCUT2D eigenvalue weighted by Gasteiger charge is 2.18. The second-order valence-electron chi connectivity index (χ2n) is 8.52. The third-order valence-electron chi connectivity index (χ3n) is 5.58. The molecule has 0 aliphatic carbocycles. The van der Waals surface area contributed by atoms with Gasteiger partial charge in [-0.1, -0.05) is 41.9 Å². The summed E-state index contributed by atoms with van der Waals surface area (Å²) < 4.78 is 56.0. The highest BCUT2D eigenvalue weighted by Crippen LogP contribution is 2.25. The minimum atomic E-state index is -3.86. The molecule has 0 aliphatic rings. The molecule has 0 saturated carbocycles. The van der Waals surface area contributed by atoms with Crippen LogP contribution in [0.1, 0.15) is 21.5 Å². The summed E-state index contributed by atoms with van der Waals surface area (Å²) in [5.41, 5.74) is 2.71. The first-order valence-electron chi connectivity index (χ1n) is 11.3. The molecule has 0 saturated heterocycles. The predicted molar refractivity (Wildman–Crippen MR) is 150 cm³/mol. The molecule has 0 spiro atoms. The van der Waals surface area contributed by atoms with Crippen molar-refractivity contribution < 1.29 is 21.6 Å². The van der Waals surface area contributed by atoms with Crippen LogP contribution in [0.15, 0.2) is 101 Å². The van der Waals surface area contributed by atoms with Gasteiger partial charge in [0.15, 0.2) is 0 Å². The lowest BCUT2D eigenvalue weighted by Crippen LogP contribution is -2.16. The van der Waals surface area contributed by atoms with Crippen LogP contribution >= 0.6 is 11.6 Å². The number of hydrogen-bond acceptors (Lipinski definition) is 5. The number of anilines is 3. The summed E-state index contributed by atoms with van der Waals surface area (Å²) in [7, 11) is -7.71. The van der Waals surface area contributed by atoms with Gasteiger partial charge in [0.25, 0.3) is 26.0 Å². The third kappa shape index (κ3) is 6.34. The monoisotopic (exact) mass is 569 g/mol. The molecule has 8 nitrogen and oxygen atoms in total. The Labute approximate surface area is 226 Å². The quantitative estimate of drug-likeness (QED) is 0.247. The van der Waals surface area contributed by atoms with E-state index >= 15 is 0 Å². The number of halogens is 1. The molecule has 1 amide bonds. The van der Waals surface area contributed by atoms with E-state index in [0.717, 1.165) is 11.1 Å². The predicted octanol–water partition coefficient (Wildman–Crippen LogP) is 5.81. The second kappa shape index (κ2) is 10.9. The van der Waals surface area contributed by atoms with Gasteiger partial charge in [0.2, 0.25) is 0 Å². The number of carbonyl (C=O) groups is 1. The lowest BCUT2D eigenvalue weighted by molar-refractivity contribution is 0.102. The minimum absolute atomic E-state index is 0.0201. The minimum Gasteiger partial charge on any atom is -0.322 e. The van der Waals surface area contributed by atoms with Gasteiger partial charge in [0, 0.05) is 11.4 Å². The molecule has 0 radical (unpaired) electrons. The maximum absolute atomic E-state index is 12.9. The van der Waals surface area contributed by atoms with Crippen molar-refractivity contribution in [2.75, 3.05) is 14.8 Å². The SMILES string of the molecule is Cc1ccc(C)c(NS(=O)(=O)c2ccc(NC(=O)c3cc(NS(=O)(=O)c4ccccc4)ccc3Cl)cc2)c1. The van der Waals surface area contributed by atoms with Crippen molar-refractivity contribution in [3.8, 4) is 0 Å². The van der Waals surface area contributed by atoms with Crippen molar-refractivity contribution in [3.63, 3.8) is 0 Å². The van der Waals surface area contributed by atoms with Gasteiger partial charge in [0.1, 0.15) is 0 Å². The molecule has 0 unspecified atom stereocenters. The number of aryl methyl sites for hydroxylation is 2. The van der Waals surface area contributed by atoms with Crippen molar-refractivity contribution in [3.05, 3.63) is 113 Å². The Kier molecular flexibility index (Phi) is 7.77. The van der Waals surface area contributed by atoms with Crippen LogP contribution in [-0.2, 0) is 20.0 Å². The smallest absolute Gasteiger partial charge is 0.261 e. The summed E-state index contributed by atoms with van der Waals surface area (Å²) in [4.78, 5) is 13.0. The first-order chi connectivity index (χ1) is 17.9. The van der Waals surface area contributed by atoms with Gasteiger partial charge < -0.3 is 5.32 Å². The van der Waals surface area contributed by atoms with Crippen molar-refractivity contribution in [2.24, 2.45) is 0 Å². The van der Waals surface area contributed by atoms with E-state index in [1.54, 1.807) is 24.3 Å². The molecule has 4 aromatic rings. The zero-order valence-corrected chi connectivity index (χ0v) is 22.8. The van der Waals surface area contributed by atoms with Crippen LogP contribution in [0.4, 0.5) is 17.1 Å². The lowest BCUT2D eigenvalue weighted by atomic mass is 10.1. The third-order valence-corrected chi connectivity index (χ3v) is 8.68. The van der Waals surface area contributed by atoms with Gasteiger partial charge in [0.05, 0.1) is 26.1 Å². The first kappa shape index (κ1) is 27.2. The van der Waals surface area contributed by atoms with Crippen LogP contribution in [0.25, 0.3) is 0 Å². The second-order valence-corrected chi connectivity index (χ2v) is 12.3. The Balaban J connectivity index is 1.49. The molecule has 196 valence electrons. The molecule has 0 bridgehead atoms. The number of rotatable bonds is 8. The maximum atomic E-state index is 12.9. The number of nitrogens with one attached hydrogen (secondary N) is 3. The van der Waals surface area contributed by atoms with Gasteiger partial charge in [-0.2, -0.15) is 0 Å². The first-order valence-corrected chi connectivity index (χ1v) is 14.7. The van der Waals surface area contributed by atoms with Crippen molar-refractivity contribution in [2.45, 2.75) is 23.6 Å². The summed E-state index contributed by atoms with van der Waals surface area (Å²) in [5.74, 6) is -0.597. The lowest BCUT2D eigenvalue weighted by Gasteiger charge is -2.13. The summed E-state index contributed by atoms with van der Waals surface area (Å²) in [5, 5.41) is 2.76. The van der Waals surface area contributed by atoms with Gasteiger partial charge >= 0.3 is 0 Å². The van der Waals surface area contributed by atoms with Gasteiger partial charge in [-0.3, -0.25) is 14.2 Å². The van der Waals surface area contributed by atoms with E-state index in [-0.39, 0.29) is 26.1 Å². The Bertz CT molecular complexity index is 1710. The van der Waals surface area contributed by atoms with Gasteiger partial charge in [-0.25, -0.2) is 16.8 Å². The molecule has 38 heavy (non-hydrogen) atoms. The van der Waals surface area contributed by atoms with Gasteiger partial charge in [-0.15, -0.1) is 0 Å². The Morgan fingerprint density at radius 2 is 1.29 bits per heavy atom. The van der Waals surface area contributed by atoms with Crippen LogP contribution in [0.2, 0.25) is 5.02 Å². The van der Waals surface area contributed by atoms with E-state index in [9.17, 15) is 21.6 Å². The molecule has 0 fully saturated rings. The maximum Gasteiger partial charge on any atom is 0.261 e. The van der Waals surface area contributed by atoms with E-state index in [0.29, 0.717) is 11.4 Å². The highest BCUT2D eigenvalue weighted by molar-refractivity contribution is 7.93. The number of benzene rings is 4.